The molecule has 0 fully saturated rings. The van der Waals surface area contributed by atoms with Crippen molar-refractivity contribution >= 4 is 12.0 Å². The van der Waals surface area contributed by atoms with Crippen LogP contribution < -0.4 is 4.74 Å². The zero-order valence-corrected chi connectivity index (χ0v) is 9.45. The Balaban J connectivity index is 2.45. The summed E-state index contributed by atoms with van der Waals surface area (Å²) in [4.78, 5) is 11.4. The summed E-state index contributed by atoms with van der Waals surface area (Å²) in [5.41, 5.74) is 2.92. The van der Waals surface area contributed by atoms with E-state index in [1.807, 2.05) is 18.2 Å². The van der Waals surface area contributed by atoms with Gasteiger partial charge in [0.1, 0.15) is 5.75 Å². The molecule has 1 aromatic rings. The first-order chi connectivity index (χ1) is 7.76. The Hall–Kier alpha value is -1.77. The van der Waals surface area contributed by atoms with Gasteiger partial charge in [-0.15, -0.1) is 0 Å². The van der Waals surface area contributed by atoms with Crippen LogP contribution in [0.15, 0.2) is 23.8 Å². The molecule has 16 heavy (non-hydrogen) atoms. The quantitative estimate of drug-likeness (QED) is 0.714. The zero-order valence-electron chi connectivity index (χ0n) is 9.45. The lowest BCUT2D eigenvalue weighted by Gasteiger charge is -2.17. The molecule has 0 aliphatic heterocycles. The van der Waals surface area contributed by atoms with Crippen LogP contribution in [-0.4, -0.2) is 20.2 Å². The topological polar surface area (TPSA) is 35.5 Å². The predicted molar refractivity (Wildman–Crippen MR) is 61.3 cm³/mol. The molecule has 0 atom stereocenters. The first-order valence-corrected chi connectivity index (χ1v) is 5.21. The van der Waals surface area contributed by atoms with Gasteiger partial charge in [-0.05, 0) is 30.5 Å². The molecular weight excluding hydrogens is 204 g/mol. The number of esters is 1. The molecule has 0 aromatic heterocycles. The van der Waals surface area contributed by atoms with Gasteiger partial charge in [0.05, 0.1) is 14.2 Å². The van der Waals surface area contributed by atoms with Gasteiger partial charge in [0.15, 0.2) is 0 Å². The number of fused-ring (bicyclic) bond motifs is 1. The van der Waals surface area contributed by atoms with Crippen LogP contribution in [0.5, 0.6) is 5.75 Å². The molecule has 1 aromatic carbocycles. The molecule has 0 bridgehead atoms. The minimum atomic E-state index is -0.253. The van der Waals surface area contributed by atoms with Gasteiger partial charge >= 0.3 is 5.97 Å². The molecule has 0 heterocycles. The third-order valence-corrected chi connectivity index (χ3v) is 2.81. The number of methoxy groups -OCH3 is 2. The van der Waals surface area contributed by atoms with Gasteiger partial charge in [0.2, 0.25) is 0 Å². The summed E-state index contributed by atoms with van der Waals surface area (Å²) in [6.07, 6.45) is 3.45. The van der Waals surface area contributed by atoms with E-state index in [-0.39, 0.29) is 5.97 Å². The summed E-state index contributed by atoms with van der Waals surface area (Å²) < 4.78 is 10.0. The summed E-state index contributed by atoms with van der Waals surface area (Å²) in [5, 5.41) is 0. The maximum Gasteiger partial charge on any atom is 0.333 e. The Morgan fingerprint density at radius 3 is 2.75 bits per heavy atom. The van der Waals surface area contributed by atoms with E-state index in [1.165, 1.54) is 12.7 Å². The highest BCUT2D eigenvalue weighted by atomic mass is 16.5. The molecule has 0 radical (unpaired) electrons. The van der Waals surface area contributed by atoms with E-state index in [2.05, 4.69) is 6.07 Å². The molecular formula is C13H14O3. The fraction of sp³-hybridized carbons (Fsp3) is 0.308. The Kier molecular flexibility index (Phi) is 2.95. The van der Waals surface area contributed by atoms with Crippen LogP contribution in [0, 0.1) is 0 Å². The van der Waals surface area contributed by atoms with E-state index < -0.39 is 0 Å². The van der Waals surface area contributed by atoms with E-state index in [9.17, 15) is 4.79 Å². The lowest BCUT2D eigenvalue weighted by Crippen LogP contribution is -2.10. The molecule has 0 saturated carbocycles. The van der Waals surface area contributed by atoms with Gasteiger partial charge in [0.25, 0.3) is 0 Å². The third-order valence-electron chi connectivity index (χ3n) is 2.81. The molecule has 0 N–H and O–H groups in total. The van der Waals surface area contributed by atoms with Crippen LogP contribution in [0.1, 0.15) is 17.5 Å². The molecule has 84 valence electrons. The Bertz CT molecular complexity index is 446. The van der Waals surface area contributed by atoms with Crippen LogP contribution in [0.4, 0.5) is 0 Å². The minimum Gasteiger partial charge on any atom is -0.496 e. The molecule has 1 aliphatic rings. The number of carbonyl (C=O) groups excluding carboxylic acids is 1. The van der Waals surface area contributed by atoms with Crippen LogP contribution in [0.3, 0.4) is 0 Å². The van der Waals surface area contributed by atoms with Crippen molar-refractivity contribution in [3.8, 4) is 5.75 Å². The number of hydrogen-bond donors (Lipinski definition) is 0. The van der Waals surface area contributed by atoms with Crippen molar-refractivity contribution in [2.45, 2.75) is 12.8 Å². The summed E-state index contributed by atoms with van der Waals surface area (Å²) >= 11 is 0. The summed E-state index contributed by atoms with van der Waals surface area (Å²) in [6.45, 7) is 0. The van der Waals surface area contributed by atoms with Gasteiger partial charge in [-0.3, -0.25) is 0 Å². The fourth-order valence-electron chi connectivity index (χ4n) is 1.96. The van der Waals surface area contributed by atoms with Crippen molar-refractivity contribution in [2.24, 2.45) is 0 Å². The van der Waals surface area contributed by atoms with Crippen molar-refractivity contribution in [3.63, 3.8) is 0 Å². The van der Waals surface area contributed by atoms with E-state index in [0.29, 0.717) is 5.57 Å². The van der Waals surface area contributed by atoms with E-state index in [4.69, 9.17) is 9.47 Å². The van der Waals surface area contributed by atoms with Crippen molar-refractivity contribution in [3.05, 3.63) is 34.9 Å². The summed E-state index contributed by atoms with van der Waals surface area (Å²) in [5.74, 6) is 0.551. The fourth-order valence-corrected chi connectivity index (χ4v) is 1.96. The Morgan fingerprint density at radius 1 is 1.25 bits per heavy atom. The van der Waals surface area contributed by atoms with Crippen LogP contribution in [0.25, 0.3) is 6.08 Å². The van der Waals surface area contributed by atoms with Crippen molar-refractivity contribution in [2.75, 3.05) is 14.2 Å². The zero-order chi connectivity index (χ0) is 11.5. The number of rotatable bonds is 2. The molecule has 3 nitrogen and oxygen atoms in total. The highest BCUT2D eigenvalue weighted by molar-refractivity contribution is 5.95. The maximum absolute atomic E-state index is 11.4. The number of carbonyl (C=O) groups is 1. The second-order valence-corrected chi connectivity index (χ2v) is 3.69. The van der Waals surface area contributed by atoms with Gasteiger partial charge < -0.3 is 9.47 Å². The number of ether oxygens (including phenoxy) is 2. The van der Waals surface area contributed by atoms with Gasteiger partial charge in [-0.1, -0.05) is 12.1 Å². The second-order valence-electron chi connectivity index (χ2n) is 3.69. The lowest BCUT2D eigenvalue weighted by atomic mass is 9.91. The molecule has 0 saturated heterocycles. The first-order valence-electron chi connectivity index (χ1n) is 5.21. The summed E-state index contributed by atoms with van der Waals surface area (Å²) in [7, 11) is 3.04. The first kappa shape index (κ1) is 10.7. The smallest absolute Gasteiger partial charge is 0.333 e. The second kappa shape index (κ2) is 4.39. The SMILES string of the molecule is COC(=O)C1=Cc2c(cccc2OC)CC1. The van der Waals surface area contributed by atoms with Crippen LogP contribution in [0.2, 0.25) is 0 Å². The van der Waals surface area contributed by atoms with Crippen molar-refractivity contribution in [1.29, 1.82) is 0 Å². The Morgan fingerprint density at radius 2 is 2.06 bits per heavy atom. The average Bonchev–Trinajstić information content (AvgIpc) is 2.36. The summed E-state index contributed by atoms with van der Waals surface area (Å²) in [6, 6.07) is 5.92. The van der Waals surface area contributed by atoms with E-state index in [1.54, 1.807) is 7.11 Å². The van der Waals surface area contributed by atoms with Gasteiger partial charge in [-0.2, -0.15) is 0 Å². The number of benzene rings is 1. The van der Waals surface area contributed by atoms with Crippen molar-refractivity contribution in [1.82, 2.24) is 0 Å². The lowest BCUT2D eigenvalue weighted by molar-refractivity contribution is -0.136. The average molecular weight is 218 g/mol. The molecule has 0 unspecified atom stereocenters. The molecule has 2 rings (SSSR count). The molecule has 3 heteroatoms. The normalized spacial score (nSPS) is 13.8. The third kappa shape index (κ3) is 1.81. The maximum atomic E-state index is 11.4. The van der Waals surface area contributed by atoms with Crippen LogP contribution in [-0.2, 0) is 16.0 Å². The molecule has 0 spiro atoms. The largest absolute Gasteiger partial charge is 0.496 e. The highest BCUT2D eigenvalue weighted by Gasteiger charge is 2.18. The highest BCUT2D eigenvalue weighted by Crippen LogP contribution is 2.31. The monoisotopic (exact) mass is 218 g/mol. The number of hydrogen-bond acceptors (Lipinski definition) is 3. The van der Waals surface area contributed by atoms with E-state index >= 15 is 0 Å². The minimum absolute atomic E-state index is 0.253. The number of aryl methyl sites for hydroxylation is 1. The van der Waals surface area contributed by atoms with Crippen LogP contribution >= 0.6 is 0 Å². The van der Waals surface area contributed by atoms with Gasteiger partial charge in [0, 0.05) is 11.1 Å². The van der Waals surface area contributed by atoms with E-state index in [0.717, 1.165) is 24.2 Å². The van der Waals surface area contributed by atoms with Crippen molar-refractivity contribution < 1.29 is 14.3 Å². The standard InChI is InChI=1S/C13H14O3/c1-15-12-5-3-4-9-6-7-10(8-11(9)12)13(14)16-2/h3-5,8H,6-7H2,1-2H3. The van der Waals surface area contributed by atoms with Gasteiger partial charge in [-0.25, -0.2) is 4.79 Å². The molecule has 1 aliphatic carbocycles. The molecule has 0 amide bonds. The Labute approximate surface area is 94.7 Å². The predicted octanol–water partition coefficient (Wildman–Crippen LogP) is 2.20.